The summed E-state index contributed by atoms with van der Waals surface area (Å²) < 4.78 is 12.6. The molecule has 0 saturated heterocycles. The maximum atomic E-state index is 11.8. The predicted octanol–water partition coefficient (Wildman–Crippen LogP) is -2.47. The summed E-state index contributed by atoms with van der Waals surface area (Å²) in [4.78, 5) is 56.6. The summed E-state index contributed by atoms with van der Waals surface area (Å²) >= 11 is 0. The van der Waals surface area contributed by atoms with Gasteiger partial charge in [-0.2, -0.15) is 0 Å². The molecule has 0 saturated carbocycles. The monoisotopic (exact) mass is 416 g/mol. The molecule has 0 fully saturated rings. The largest absolute Gasteiger partial charge is 0.477 e. The molecule has 3 unspecified atom stereocenters. The number of carbonyl (C=O) groups excluding carboxylic acids is 4. The van der Waals surface area contributed by atoms with Gasteiger partial charge in [-0.3, -0.25) is 0 Å². The van der Waals surface area contributed by atoms with Gasteiger partial charge in [0, 0.05) is 13.0 Å². The molecule has 3 atom stereocenters. The van der Waals surface area contributed by atoms with E-state index in [0.29, 0.717) is 0 Å². The third kappa shape index (κ3) is 7.27. The van der Waals surface area contributed by atoms with Gasteiger partial charge in [-0.15, -0.1) is 0 Å². The predicted molar refractivity (Wildman–Crippen MR) is 85.7 cm³/mol. The van der Waals surface area contributed by atoms with E-state index < -0.39 is 61.6 Å². The molecule has 0 aliphatic heterocycles. The van der Waals surface area contributed by atoms with Gasteiger partial charge in [0.2, 0.25) is 0 Å². The van der Waals surface area contributed by atoms with Crippen molar-refractivity contribution in [2.24, 2.45) is 0 Å². The zero-order valence-electron chi connectivity index (χ0n) is 14.5. The van der Waals surface area contributed by atoms with Crippen LogP contribution in [-0.4, -0.2) is 80.7 Å². The van der Waals surface area contributed by atoms with Crippen LogP contribution in [0.1, 0.15) is 27.1 Å². The second-order valence-corrected chi connectivity index (χ2v) is 5.20. The first kappa shape index (κ1) is 23.6. The van der Waals surface area contributed by atoms with Crippen molar-refractivity contribution in [1.29, 1.82) is 0 Å². The Bertz CT molecular complexity index is 770. The minimum Gasteiger partial charge on any atom is -0.477 e. The van der Waals surface area contributed by atoms with Crippen LogP contribution in [0.5, 0.6) is 0 Å². The summed E-state index contributed by atoms with van der Waals surface area (Å²) in [6.07, 6.45) is -7.13. The fraction of sp³-hybridized carbons (Fsp3) is 0.312. The first-order valence-corrected chi connectivity index (χ1v) is 7.72. The van der Waals surface area contributed by atoms with Gasteiger partial charge < -0.3 is 39.7 Å². The van der Waals surface area contributed by atoms with Crippen LogP contribution in [0.4, 0.5) is 0 Å². The molecule has 0 bridgehead atoms. The number of hydrogen-bond donors (Lipinski definition) is 5. The molecule has 0 heterocycles. The van der Waals surface area contributed by atoms with Gasteiger partial charge in [0.15, 0.2) is 6.10 Å². The minimum atomic E-state index is -2.51. The number of ether oxygens (including phenoxy) is 3. The zero-order valence-corrected chi connectivity index (χ0v) is 14.5. The molecular formula is C16H16O13. The number of hydrogen-bond acceptors (Lipinski definition) is 12. The molecule has 0 spiro atoms. The number of aliphatic hydroxyl groups is 4. The number of carboxylic acid groups (broad SMARTS) is 1. The van der Waals surface area contributed by atoms with Crippen molar-refractivity contribution in [1.82, 2.24) is 0 Å². The lowest BCUT2D eigenvalue weighted by atomic mass is 10.1. The fourth-order valence-electron chi connectivity index (χ4n) is 1.64. The molecule has 5 N–H and O–H groups in total. The van der Waals surface area contributed by atoms with E-state index in [-0.39, 0.29) is 11.1 Å². The molecule has 13 nitrogen and oxygen atoms in total. The Kier molecular flexibility index (Phi) is 8.82. The van der Waals surface area contributed by atoms with E-state index >= 15 is 0 Å². The molecule has 1 rings (SSSR count). The summed E-state index contributed by atoms with van der Waals surface area (Å²) in [5.74, 6) is -7.41. The van der Waals surface area contributed by atoms with Crippen molar-refractivity contribution in [3.05, 3.63) is 35.4 Å². The van der Waals surface area contributed by atoms with Crippen molar-refractivity contribution in [3.8, 4) is 0 Å². The highest BCUT2D eigenvalue weighted by Gasteiger charge is 2.28. The molecule has 29 heavy (non-hydrogen) atoms. The summed E-state index contributed by atoms with van der Waals surface area (Å²) in [6.45, 7) is -0.569. The van der Waals surface area contributed by atoms with E-state index in [0.717, 1.165) is 24.3 Å². The Morgan fingerprint density at radius 2 is 1.24 bits per heavy atom. The maximum absolute atomic E-state index is 11.8. The number of aliphatic carboxylic acids is 1. The molecule has 13 heteroatoms. The molecule has 0 aliphatic rings. The number of benzene rings is 1. The lowest BCUT2D eigenvalue weighted by molar-refractivity contribution is -0.184. The maximum Gasteiger partial charge on any atom is 0.383 e. The van der Waals surface area contributed by atoms with E-state index in [2.05, 4.69) is 14.2 Å². The van der Waals surface area contributed by atoms with Crippen LogP contribution in [0.25, 0.3) is 0 Å². The second kappa shape index (κ2) is 10.8. The second-order valence-electron chi connectivity index (χ2n) is 5.20. The van der Waals surface area contributed by atoms with Crippen LogP contribution >= 0.6 is 0 Å². The van der Waals surface area contributed by atoms with Crippen molar-refractivity contribution in [2.45, 2.75) is 25.1 Å². The molecule has 0 amide bonds. The first-order chi connectivity index (χ1) is 13.6. The lowest BCUT2D eigenvalue weighted by Gasteiger charge is -2.12. The Hall–Kier alpha value is -3.39. The standard InChI is InChI=1S/C16H16O13/c17-6-5-9(18)13(23)29-16(26)15(25)28-12(22)8-3-1-7(2-4-8)11(21)27-14(24)10(19)20/h1-4,9,14-15,17-18,24-25H,5-6H2,(H,19,20). The fourth-order valence-corrected chi connectivity index (χ4v) is 1.64. The molecular weight excluding hydrogens is 400 g/mol. The van der Waals surface area contributed by atoms with Crippen molar-refractivity contribution in [3.63, 3.8) is 0 Å². The van der Waals surface area contributed by atoms with Gasteiger partial charge in [0.25, 0.3) is 6.29 Å². The highest BCUT2D eigenvalue weighted by Crippen LogP contribution is 2.10. The summed E-state index contributed by atoms with van der Waals surface area (Å²) in [7, 11) is 0. The Labute approximate surface area is 161 Å². The smallest absolute Gasteiger partial charge is 0.383 e. The first-order valence-electron chi connectivity index (χ1n) is 7.72. The van der Waals surface area contributed by atoms with Crippen LogP contribution in [-0.2, 0) is 28.6 Å². The van der Waals surface area contributed by atoms with Crippen molar-refractivity contribution >= 4 is 29.8 Å². The summed E-state index contributed by atoms with van der Waals surface area (Å²) in [5, 5.41) is 44.6. The lowest BCUT2D eigenvalue weighted by Crippen LogP contribution is -2.34. The topological polar surface area (TPSA) is 214 Å². The SMILES string of the molecule is O=C(OC(O)C(=O)O)c1ccc(C(=O)OC(O)C(=O)OC(=O)C(O)CCO)cc1. The average molecular weight is 416 g/mol. The van der Waals surface area contributed by atoms with Crippen LogP contribution in [0.3, 0.4) is 0 Å². The van der Waals surface area contributed by atoms with Gasteiger partial charge in [0.1, 0.15) is 0 Å². The minimum absolute atomic E-state index is 0.231. The van der Waals surface area contributed by atoms with Crippen LogP contribution in [0.2, 0.25) is 0 Å². The number of carboxylic acids is 1. The summed E-state index contributed by atoms with van der Waals surface area (Å²) in [6, 6.07) is 4.01. The number of aliphatic hydroxyl groups excluding tert-OH is 4. The molecule has 1 aromatic rings. The molecule has 1 aromatic carbocycles. The summed E-state index contributed by atoms with van der Waals surface area (Å²) in [5.41, 5.74) is -0.496. The third-order valence-corrected chi connectivity index (χ3v) is 3.08. The molecule has 158 valence electrons. The van der Waals surface area contributed by atoms with Gasteiger partial charge in [-0.25, -0.2) is 24.0 Å². The zero-order chi connectivity index (χ0) is 22.1. The van der Waals surface area contributed by atoms with Gasteiger partial charge in [-0.1, -0.05) is 0 Å². The third-order valence-electron chi connectivity index (χ3n) is 3.08. The highest BCUT2D eigenvalue weighted by molar-refractivity contribution is 5.95. The molecule has 0 aromatic heterocycles. The van der Waals surface area contributed by atoms with Crippen LogP contribution < -0.4 is 0 Å². The number of carbonyl (C=O) groups is 5. The highest BCUT2D eigenvalue weighted by atomic mass is 16.7. The Morgan fingerprint density at radius 3 is 1.66 bits per heavy atom. The van der Waals surface area contributed by atoms with Crippen molar-refractivity contribution in [2.75, 3.05) is 6.61 Å². The van der Waals surface area contributed by atoms with Gasteiger partial charge in [0.05, 0.1) is 11.1 Å². The number of esters is 4. The number of rotatable bonds is 9. The van der Waals surface area contributed by atoms with E-state index in [4.69, 9.17) is 15.3 Å². The van der Waals surface area contributed by atoms with Gasteiger partial charge in [-0.05, 0) is 24.3 Å². The van der Waals surface area contributed by atoms with Crippen LogP contribution in [0.15, 0.2) is 24.3 Å². The van der Waals surface area contributed by atoms with E-state index in [1.165, 1.54) is 0 Å². The van der Waals surface area contributed by atoms with E-state index in [1.807, 2.05) is 0 Å². The molecule has 0 aliphatic carbocycles. The van der Waals surface area contributed by atoms with Gasteiger partial charge >= 0.3 is 36.1 Å². The average Bonchev–Trinajstić information content (AvgIpc) is 2.67. The Morgan fingerprint density at radius 1 is 0.793 bits per heavy atom. The molecule has 0 radical (unpaired) electrons. The van der Waals surface area contributed by atoms with E-state index in [1.54, 1.807) is 0 Å². The Balaban J connectivity index is 2.65. The van der Waals surface area contributed by atoms with Crippen molar-refractivity contribution < 1.29 is 63.7 Å². The van der Waals surface area contributed by atoms with E-state index in [9.17, 15) is 34.2 Å². The van der Waals surface area contributed by atoms with Crippen LogP contribution in [0, 0.1) is 0 Å². The normalized spacial score (nSPS) is 13.5. The quantitative estimate of drug-likeness (QED) is 0.122.